The van der Waals surface area contributed by atoms with Crippen LogP contribution in [0.25, 0.3) is 29.9 Å². The third kappa shape index (κ3) is 2.56. The number of aryl methyl sites for hydroxylation is 1. The van der Waals surface area contributed by atoms with Crippen molar-refractivity contribution in [3.8, 4) is 29.9 Å². The van der Waals surface area contributed by atoms with Gasteiger partial charge in [0.15, 0.2) is 0 Å². The van der Waals surface area contributed by atoms with Gasteiger partial charge in [0.25, 0.3) is 0 Å². The summed E-state index contributed by atoms with van der Waals surface area (Å²) in [5.74, 6) is 0. The highest BCUT2D eigenvalue weighted by atomic mass is 32.1. The molecule has 3 heteroatoms. The van der Waals surface area contributed by atoms with Crippen LogP contribution in [0, 0.1) is 6.92 Å². The van der Waals surface area contributed by atoms with Crippen molar-refractivity contribution >= 4 is 34.0 Å². The van der Waals surface area contributed by atoms with Crippen LogP contribution in [0.4, 0.5) is 0 Å². The Bertz CT molecular complexity index is 880. The zero-order valence-electron chi connectivity index (χ0n) is 12.1. The van der Waals surface area contributed by atoms with E-state index in [9.17, 15) is 0 Å². The minimum atomic E-state index is 1.31. The summed E-state index contributed by atoms with van der Waals surface area (Å²) in [6.45, 7) is 2.20. The summed E-state index contributed by atoms with van der Waals surface area (Å²) in [7, 11) is 0. The Morgan fingerprint density at radius 3 is 2.18 bits per heavy atom. The Balaban J connectivity index is 1.72. The van der Waals surface area contributed by atoms with Gasteiger partial charge in [0.1, 0.15) is 0 Å². The van der Waals surface area contributed by atoms with E-state index < -0.39 is 0 Å². The molecule has 4 rings (SSSR count). The first-order valence-corrected chi connectivity index (χ1v) is 9.62. The van der Waals surface area contributed by atoms with Crippen LogP contribution < -0.4 is 0 Å². The van der Waals surface area contributed by atoms with Gasteiger partial charge in [-0.3, -0.25) is 0 Å². The lowest BCUT2D eigenvalue weighted by atomic mass is 10.1. The second-order valence-electron chi connectivity index (χ2n) is 5.13. The molecule has 0 atom stereocenters. The number of rotatable bonds is 3. The fourth-order valence-electron chi connectivity index (χ4n) is 2.50. The van der Waals surface area contributed by atoms with Crippen LogP contribution in [-0.4, -0.2) is 0 Å². The number of hydrogen-bond acceptors (Lipinski definition) is 3. The Morgan fingerprint density at radius 1 is 0.682 bits per heavy atom. The SMILES string of the molecule is Cc1cc(-c2ccc(-c3cccs3)s2)sc1-c1ccccc1. The predicted molar refractivity (Wildman–Crippen MR) is 101 cm³/mol. The van der Waals surface area contributed by atoms with Crippen molar-refractivity contribution < 1.29 is 0 Å². The molecule has 0 saturated carbocycles. The lowest BCUT2D eigenvalue weighted by Gasteiger charge is -1.97. The van der Waals surface area contributed by atoms with Crippen LogP contribution in [0.5, 0.6) is 0 Å². The maximum atomic E-state index is 2.32. The first-order valence-electron chi connectivity index (χ1n) is 7.11. The summed E-state index contributed by atoms with van der Waals surface area (Å²) in [6.07, 6.45) is 0. The summed E-state index contributed by atoms with van der Waals surface area (Å²) in [4.78, 5) is 6.81. The maximum absolute atomic E-state index is 2.32. The van der Waals surface area contributed by atoms with Gasteiger partial charge in [-0.25, -0.2) is 0 Å². The topological polar surface area (TPSA) is 0 Å². The molecule has 0 aliphatic rings. The first kappa shape index (κ1) is 13.9. The monoisotopic (exact) mass is 338 g/mol. The Kier molecular flexibility index (Phi) is 3.70. The molecule has 1 aromatic carbocycles. The predicted octanol–water partition coefficient (Wildman–Crippen LogP) is 7.18. The van der Waals surface area contributed by atoms with Crippen LogP contribution >= 0.6 is 34.0 Å². The molecule has 0 unspecified atom stereocenters. The van der Waals surface area contributed by atoms with E-state index in [1.807, 2.05) is 22.7 Å². The van der Waals surface area contributed by atoms with Crippen molar-refractivity contribution in [2.24, 2.45) is 0 Å². The molecule has 0 fully saturated rings. The zero-order valence-corrected chi connectivity index (χ0v) is 14.5. The van der Waals surface area contributed by atoms with Crippen LogP contribution in [0.1, 0.15) is 5.56 Å². The highest BCUT2D eigenvalue weighted by Gasteiger charge is 2.12. The van der Waals surface area contributed by atoms with Crippen molar-refractivity contribution in [3.05, 3.63) is 71.6 Å². The number of benzene rings is 1. The van der Waals surface area contributed by atoms with Gasteiger partial charge in [0, 0.05) is 24.4 Å². The van der Waals surface area contributed by atoms with Gasteiger partial charge in [-0.15, -0.1) is 34.0 Å². The van der Waals surface area contributed by atoms with Crippen LogP contribution in [-0.2, 0) is 0 Å². The molecule has 0 aliphatic carbocycles. The molecule has 3 heterocycles. The summed E-state index contributed by atoms with van der Waals surface area (Å²) in [5.41, 5.74) is 2.67. The van der Waals surface area contributed by atoms with Crippen molar-refractivity contribution in [1.29, 1.82) is 0 Å². The molecule has 0 nitrogen and oxygen atoms in total. The normalized spacial score (nSPS) is 11.0. The van der Waals surface area contributed by atoms with E-state index in [2.05, 4.69) is 73.0 Å². The van der Waals surface area contributed by atoms with Gasteiger partial charge in [0.05, 0.1) is 0 Å². The maximum Gasteiger partial charge on any atom is 0.0452 e. The first-order chi connectivity index (χ1) is 10.8. The molecular weight excluding hydrogens is 324 g/mol. The van der Waals surface area contributed by atoms with Crippen molar-refractivity contribution in [1.82, 2.24) is 0 Å². The van der Waals surface area contributed by atoms with E-state index in [4.69, 9.17) is 0 Å². The lowest BCUT2D eigenvalue weighted by molar-refractivity contribution is 1.54. The molecule has 108 valence electrons. The highest BCUT2D eigenvalue weighted by molar-refractivity contribution is 7.27. The molecule has 0 radical (unpaired) electrons. The van der Waals surface area contributed by atoms with Gasteiger partial charge >= 0.3 is 0 Å². The number of thiophene rings is 3. The molecule has 4 aromatic rings. The highest BCUT2D eigenvalue weighted by Crippen LogP contribution is 2.42. The molecule has 0 amide bonds. The Hall–Kier alpha value is -1.68. The van der Waals surface area contributed by atoms with Gasteiger partial charge in [-0.05, 0) is 47.7 Å². The lowest BCUT2D eigenvalue weighted by Crippen LogP contribution is -1.72. The quantitative estimate of drug-likeness (QED) is 0.371. The van der Waals surface area contributed by atoms with E-state index >= 15 is 0 Å². The minimum absolute atomic E-state index is 1.31. The summed E-state index contributed by atoms with van der Waals surface area (Å²) < 4.78 is 0. The second kappa shape index (κ2) is 5.84. The van der Waals surface area contributed by atoms with E-state index in [0.717, 1.165) is 0 Å². The summed E-state index contributed by atoms with van der Waals surface area (Å²) in [5, 5.41) is 2.14. The summed E-state index contributed by atoms with van der Waals surface area (Å²) in [6, 6.07) is 21.8. The third-order valence-electron chi connectivity index (χ3n) is 3.57. The fourth-order valence-corrected chi connectivity index (χ4v) is 5.60. The van der Waals surface area contributed by atoms with Crippen molar-refractivity contribution in [2.75, 3.05) is 0 Å². The van der Waals surface area contributed by atoms with E-state index in [0.29, 0.717) is 0 Å². The Morgan fingerprint density at radius 2 is 1.45 bits per heavy atom. The van der Waals surface area contributed by atoms with Gasteiger partial charge in [0.2, 0.25) is 0 Å². The smallest absolute Gasteiger partial charge is 0.0452 e. The van der Waals surface area contributed by atoms with E-state index in [1.165, 1.54) is 35.5 Å². The summed E-state index contributed by atoms with van der Waals surface area (Å²) >= 11 is 5.58. The zero-order chi connectivity index (χ0) is 14.9. The largest absolute Gasteiger partial charge is 0.143 e. The second-order valence-corrected chi connectivity index (χ2v) is 8.21. The molecule has 0 spiro atoms. The Labute approximate surface area is 142 Å². The average molecular weight is 339 g/mol. The van der Waals surface area contributed by atoms with Crippen LogP contribution in [0.3, 0.4) is 0 Å². The van der Waals surface area contributed by atoms with Gasteiger partial charge < -0.3 is 0 Å². The van der Waals surface area contributed by atoms with Crippen LogP contribution in [0.2, 0.25) is 0 Å². The molecule has 0 aliphatic heterocycles. The number of hydrogen-bond donors (Lipinski definition) is 0. The third-order valence-corrected chi connectivity index (χ3v) is 7.20. The van der Waals surface area contributed by atoms with Crippen molar-refractivity contribution in [3.63, 3.8) is 0 Å². The average Bonchev–Trinajstić information content (AvgIpc) is 3.28. The molecule has 3 aromatic heterocycles. The molecular formula is C19H14S3. The molecule has 0 saturated heterocycles. The van der Waals surface area contributed by atoms with Gasteiger partial charge in [-0.1, -0.05) is 36.4 Å². The van der Waals surface area contributed by atoms with Crippen molar-refractivity contribution in [2.45, 2.75) is 6.92 Å². The minimum Gasteiger partial charge on any atom is -0.143 e. The van der Waals surface area contributed by atoms with E-state index in [1.54, 1.807) is 11.3 Å². The van der Waals surface area contributed by atoms with Crippen LogP contribution in [0.15, 0.2) is 66.0 Å². The fraction of sp³-hybridized carbons (Fsp3) is 0.0526. The standard InChI is InChI=1S/C19H14S3/c1-13-12-18(22-19(13)14-6-3-2-4-7-14)17-10-9-16(21-17)15-8-5-11-20-15/h2-12H,1H3. The van der Waals surface area contributed by atoms with Gasteiger partial charge in [-0.2, -0.15) is 0 Å². The molecule has 22 heavy (non-hydrogen) atoms. The van der Waals surface area contributed by atoms with E-state index in [-0.39, 0.29) is 0 Å². The molecule has 0 N–H and O–H groups in total. The molecule has 0 bridgehead atoms.